The van der Waals surface area contributed by atoms with Crippen LogP contribution in [0.1, 0.15) is 10.4 Å². The average molecular weight is 294 g/mol. The van der Waals surface area contributed by atoms with Crippen molar-refractivity contribution in [3.63, 3.8) is 0 Å². The molecule has 2 rings (SSSR count). The normalized spacial score (nSPS) is 10.1. The highest BCUT2D eigenvalue weighted by molar-refractivity contribution is 6.33. The van der Waals surface area contributed by atoms with E-state index >= 15 is 0 Å². The summed E-state index contributed by atoms with van der Waals surface area (Å²) in [6.45, 7) is 0. The van der Waals surface area contributed by atoms with E-state index < -0.39 is 10.9 Å². The minimum atomic E-state index is -1.14. The molecule has 2 aromatic carbocycles. The van der Waals surface area contributed by atoms with E-state index in [1.54, 1.807) is 6.07 Å². The highest BCUT2D eigenvalue weighted by Crippen LogP contribution is 2.28. The molecule has 102 valence electrons. The third-order valence-electron chi connectivity index (χ3n) is 2.44. The summed E-state index contributed by atoms with van der Waals surface area (Å²) in [6, 6.07) is 9.70. The molecule has 0 aromatic heterocycles. The van der Waals surface area contributed by atoms with Crippen molar-refractivity contribution >= 4 is 23.3 Å². The van der Waals surface area contributed by atoms with E-state index in [1.165, 1.54) is 36.4 Å². The molecule has 0 unspecified atom stereocenters. The number of rotatable bonds is 4. The van der Waals surface area contributed by atoms with Gasteiger partial charge in [-0.2, -0.15) is 0 Å². The SMILES string of the molecule is O=C(O)c1ccc(Oc2cccc([N+](=O)[O-])c2)cc1Cl. The van der Waals surface area contributed by atoms with E-state index in [0.717, 1.165) is 0 Å². The van der Waals surface area contributed by atoms with E-state index in [1.807, 2.05) is 0 Å². The maximum Gasteiger partial charge on any atom is 0.337 e. The molecule has 0 aliphatic carbocycles. The van der Waals surface area contributed by atoms with Crippen molar-refractivity contribution in [3.8, 4) is 11.5 Å². The number of carboxylic acids is 1. The van der Waals surface area contributed by atoms with Crippen LogP contribution >= 0.6 is 11.6 Å². The molecule has 7 heteroatoms. The van der Waals surface area contributed by atoms with Crippen LogP contribution in [0.2, 0.25) is 5.02 Å². The molecule has 0 heterocycles. The van der Waals surface area contributed by atoms with E-state index in [0.29, 0.717) is 5.75 Å². The number of non-ortho nitro benzene ring substituents is 1. The molecule has 6 nitrogen and oxygen atoms in total. The van der Waals surface area contributed by atoms with Crippen LogP contribution in [0, 0.1) is 10.1 Å². The molecule has 0 amide bonds. The number of halogens is 1. The van der Waals surface area contributed by atoms with Gasteiger partial charge in [-0.05, 0) is 18.2 Å². The number of ether oxygens (including phenoxy) is 1. The van der Waals surface area contributed by atoms with E-state index in [9.17, 15) is 14.9 Å². The monoisotopic (exact) mass is 293 g/mol. The lowest BCUT2D eigenvalue weighted by atomic mass is 10.2. The van der Waals surface area contributed by atoms with Gasteiger partial charge in [0.1, 0.15) is 11.5 Å². The highest BCUT2D eigenvalue weighted by Gasteiger charge is 2.11. The smallest absolute Gasteiger partial charge is 0.337 e. The molecular formula is C13H8ClNO5. The number of aromatic carboxylic acids is 1. The van der Waals surface area contributed by atoms with Gasteiger partial charge >= 0.3 is 5.97 Å². The lowest BCUT2D eigenvalue weighted by Crippen LogP contribution is -1.97. The third kappa shape index (κ3) is 3.04. The Morgan fingerprint density at radius 2 is 1.90 bits per heavy atom. The second-order valence-electron chi connectivity index (χ2n) is 3.80. The van der Waals surface area contributed by atoms with Crippen molar-refractivity contribution in [1.82, 2.24) is 0 Å². The number of hydrogen-bond acceptors (Lipinski definition) is 4. The molecule has 2 aromatic rings. The quantitative estimate of drug-likeness (QED) is 0.685. The van der Waals surface area contributed by atoms with Crippen molar-refractivity contribution in [2.75, 3.05) is 0 Å². The molecule has 0 fully saturated rings. The lowest BCUT2D eigenvalue weighted by Gasteiger charge is -2.07. The van der Waals surface area contributed by atoms with Crippen LogP contribution < -0.4 is 4.74 Å². The first-order valence-corrected chi connectivity index (χ1v) is 5.80. The van der Waals surface area contributed by atoms with Crippen LogP contribution in [-0.2, 0) is 0 Å². The fourth-order valence-electron chi connectivity index (χ4n) is 1.53. The number of carbonyl (C=O) groups is 1. The number of nitrogens with zero attached hydrogens (tertiary/aromatic N) is 1. The summed E-state index contributed by atoms with van der Waals surface area (Å²) in [4.78, 5) is 20.9. The van der Waals surface area contributed by atoms with Gasteiger partial charge in [0.05, 0.1) is 21.6 Å². The lowest BCUT2D eigenvalue weighted by molar-refractivity contribution is -0.384. The molecule has 1 N–H and O–H groups in total. The molecule has 0 spiro atoms. The van der Waals surface area contributed by atoms with Crippen molar-refractivity contribution in [2.45, 2.75) is 0 Å². The summed E-state index contributed by atoms with van der Waals surface area (Å²) in [7, 11) is 0. The minimum Gasteiger partial charge on any atom is -0.478 e. The van der Waals surface area contributed by atoms with Crippen LogP contribution in [0.3, 0.4) is 0 Å². The zero-order valence-corrected chi connectivity index (χ0v) is 10.7. The summed E-state index contributed by atoms with van der Waals surface area (Å²) in [5.74, 6) is -0.587. The van der Waals surface area contributed by atoms with Gasteiger partial charge in [0.25, 0.3) is 5.69 Å². The second kappa shape index (κ2) is 5.58. The molecule has 0 aliphatic rings. The Hall–Kier alpha value is -2.60. The van der Waals surface area contributed by atoms with Gasteiger partial charge in [0, 0.05) is 12.1 Å². The number of nitro benzene ring substituents is 1. The number of benzene rings is 2. The van der Waals surface area contributed by atoms with Gasteiger partial charge < -0.3 is 9.84 Å². The zero-order valence-electron chi connectivity index (χ0n) is 9.95. The Morgan fingerprint density at radius 1 is 1.20 bits per heavy atom. The predicted molar refractivity (Wildman–Crippen MR) is 71.6 cm³/mol. The van der Waals surface area contributed by atoms with Crippen LogP contribution in [-0.4, -0.2) is 16.0 Å². The van der Waals surface area contributed by atoms with E-state index in [-0.39, 0.29) is 22.0 Å². The summed E-state index contributed by atoms with van der Waals surface area (Å²) >= 11 is 5.80. The average Bonchev–Trinajstić information content (AvgIpc) is 2.38. The van der Waals surface area contributed by atoms with Crippen molar-refractivity contribution in [2.24, 2.45) is 0 Å². The first-order valence-electron chi connectivity index (χ1n) is 5.42. The minimum absolute atomic E-state index is 0.0282. The van der Waals surface area contributed by atoms with Gasteiger partial charge in [0.15, 0.2) is 0 Å². The maximum absolute atomic E-state index is 10.8. The fourth-order valence-corrected chi connectivity index (χ4v) is 1.78. The van der Waals surface area contributed by atoms with Crippen LogP contribution in [0.4, 0.5) is 5.69 Å². The first kappa shape index (κ1) is 13.8. The van der Waals surface area contributed by atoms with Crippen molar-refractivity contribution in [1.29, 1.82) is 0 Å². The Kier molecular flexibility index (Phi) is 3.86. The largest absolute Gasteiger partial charge is 0.478 e. The molecule has 0 bridgehead atoms. The molecule has 0 atom stereocenters. The Balaban J connectivity index is 2.26. The molecule has 0 saturated carbocycles. The van der Waals surface area contributed by atoms with Crippen LogP contribution in [0.25, 0.3) is 0 Å². The topological polar surface area (TPSA) is 89.7 Å². The van der Waals surface area contributed by atoms with Gasteiger partial charge in [-0.1, -0.05) is 17.7 Å². The first-order chi connectivity index (χ1) is 9.47. The summed E-state index contributed by atoms with van der Waals surface area (Å²) < 4.78 is 5.40. The van der Waals surface area contributed by atoms with Crippen molar-refractivity contribution < 1.29 is 19.6 Å². The fraction of sp³-hybridized carbons (Fsp3) is 0. The van der Waals surface area contributed by atoms with Crippen LogP contribution in [0.5, 0.6) is 11.5 Å². The van der Waals surface area contributed by atoms with E-state index in [2.05, 4.69) is 0 Å². The summed E-state index contributed by atoms with van der Waals surface area (Å²) in [5, 5.41) is 19.5. The Bertz CT molecular complexity index is 686. The molecule has 0 saturated heterocycles. The molecule has 20 heavy (non-hydrogen) atoms. The predicted octanol–water partition coefficient (Wildman–Crippen LogP) is 3.74. The van der Waals surface area contributed by atoms with Gasteiger partial charge in [0.2, 0.25) is 0 Å². The maximum atomic E-state index is 10.8. The number of hydrogen-bond donors (Lipinski definition) is 1. The Morgan fingerprint density at radius 3 is 2.50 bits per heavy atom. The summed E-state index contributed by atoms with van der Waals surface area (Å²) in [5.41, 5.74) is -0.145. The molecule has 0 radical (unpaired) electrons. The molecular weight excluding hydrogens is 286 g/mol. The Labute approximate surface area is 118 Å². The number of carboxylic acid groups (broad SMARTS) is 1. The van der Waals surface area contributed by atoms with Gasteiger partial charge in [-0.15, -0.1) is 0 Å². The molecule has 0 aliphatic heterocycles. The van der Waals surface area contributed by atoms with Gasteiger partial charge in [-0.25, -0.2) is 4.79 Å². The van der Waals surface area contributed by atoms with Crippen molar-refractivity contribution in [3.05, 3.63) is 63.2 Å². The van der Waals surface area contributed by atoms with E-state index in [4.69, 9.17) is 21.4 Å². The van der Waals surface area contributed by atoms with Gasteiger partial charge in [-0.3, -0.25) is 10.1 Å². The third-order valence-corrected chi connectivity index (χ3v) is 2.75. The summed E-state index contributed by atoms with van der Waals surface area (Å²) in [6.07, 6.45) is 0. The highest BCUT2D eigenvalue weighted by atomic mass is 35.5. The van der Waals surface area contributed by atoms with Crippen LogP contribution in [0.15, 0.2) is 42.5 Å². The zero-order chi connectivity index (χ0) is 14.7. The standard InChI is InChI=1S/C13H8ClNO5/c14-12-7-10(4-5-11(12)13(16)17)20-9-3-1-2-8(6-9)15(18)19/h1-7H,(H,16,17). The second-order valence-corrected chi connectivity index (χ2v) is 4.21. The number of nitro groups is 1.